The summed E-state index contributed by atoms with van der Waals surface area (Å²) in [5, 5.41) is 11.2. The van der Waals surface area contributed by atoms with E-state index in [4.69, 9.17) is 9.47 Å². The highest BCUT2D eigenvalue weighted by Crippen LogP contribution is 2.23. The number of benzene rings is 1. The normalized spacial score (nSPS) is 10.9. The van der Waals surface area contributed by atoms with Gasteiger partial charge in [-0.15, -0.1) is 0 Å². The molecule has 1 aromatic rings. The Labute approximate surface area is 146 Å². The van der Waals surface area contributed by atoms with Crippen molar-refractivity contribution < 1.29 is 24.0 Å². The first-order valence-electron chi connectivity index (χ1n) is 8.23. The van der Waals surface area contributed by atoms with Crippen LogP contribution in [0.5, 0.6) is 0 Å². The number of nitro groups is 1. The van der Waals surface area contributed by atoms with Crippen LogP contribution in [0.3, 0.4) is 0 Å². The second-order valence-electron chi connectivity index (χ2n) is 5.24. The molecule has 1 rings (SSSR count). The number of rotatable bonds is 9. The molecule has 0 spiro atoms. The van der Waals surface area contributed by atoms with Crippen LogP contribution in [0.4, 0.5) is 5.69 Å². The van der Waals surface area contributed by atoms with Gasteiger partial charge in [-0.3, -0.25) is 19.7 Å². The molecule has 0 saturated heterocycles. The van der Waals surface area contributed by atoms with E-state index in [1.807, 2.05) is 6.92 Å². The highest BCUT2D eigenvalue weighted by Gasteiger charge is 2.27. The van der Waals surface area contributed by atoms with Crippen LogP contribution in [0.2, 0.25) is 0 Å². The molecule has 7 nitrogen and oxygen atoms in total. The third-order valence-corrected chi connectivity index (χ3v) is 3.38. The first-order chi connectivity index (χ1) is 11.9. The summed E-state index contributed by atoms with van der Waals surface area (Å²) in [6, 6.07) is 4.81. The van der Waals surface area contributed by atoms with Gasteiger partial charge in [-0.25, -0.2) is 0 Å². The fourth-order valence-corrected chi connectivity index (χ4v) is 2.27. The second-order valence-corrected chi connectivity index (χ2v) is 5.24. The highest BCUT2D eigenvalue weighted by molar-refractivity contribution is 5.97. The van der Waals surface area contributed by atoms with Gasteiger partial charge in [0.15, 0.2) is 5.92 Å². The van der Waals surface area contributed by atoms with Crippen molar-refractivity contribution in [3.63, 3.8) is 0 Å². The third kappa shape index (κ3) is 6.02. The molecule has 0 atom stereocenters. The number of nitrogens with zero attached hydrogens (tertiary/aromatic N) is 1. The van der Waals surface area contributed by atoms with Crippen molar-refractivity contribution in [1.29, 1.82) is 0 Å². The Morgan fingerprint density at radius 3 is 2.24 bits per heavy atom. The van der Waals surface area contributed by atoms with E-state index in [0.717, 1.165) is 18.4 Å². The molecule has 0 fully saturated rings. The van der Waals surface area contributed by atoms with Crippen LogP contribution in [-0.4, -0.2) is 30.1 Å². The van der Waals surface area contributed by atoms with Gasteiger partial charge in [0.2, 0.25) is 0 Å². The van der Waals surface area contributed by atoms with Crippen LogP contribution in [0.25, 0.3) is 6.08 Å². The van der Waals surface area contributed by atoms with Gasteiger partial charge in [0.1, 0.15) is 0 Å². The molecule has 0 heterocycles. The average molecular weight is 349 g/mol. The number of carbonyl (C=O) groups excluding carboxylic acids is 2. The molecule has 0 N–H and O–H groups in total. The van der Waals surface area contributed by atoms with E-state index >= 15 is 0 Å². The van der Waals surface area contributed by atoms with Crippen molar-refractivity contribution in [2.45, 2.75) is 33.6 Å². The van der Waals surface area contributed by atoms with Gasteiger partial charge in [-0.05, 0) is 31.9 Å². The predicted octanol–water partition coefficient (Wildman–Crippen LogP) is 3.30. The minimum atomic E-state index is -1.26. The smallest absolute Gasteiger partial charge is 0.324 e. The van der Waals surface area contributed by atoms with Crippen molar-refractivity contribution in [2.75, 3.05) is 13.2 Å². The maximum atomic E-state index is 12.0. The lowest BCUT2D eigenvalue weighted by Gasteiger charge is -2.10. The van der Waals surface area contributed by atoms with E-state index in [9.17, 15) is 19.7 Å². The summed E-state index contributed by atoms with van der Waals surface area (Å²) >= 11 is 0. The van der Waals surface area contributed by atoms with Crippen LogP contribution >= 0.6 is 0 Å². The van der Waals surface area contributed by atoms with Gasteiger partial charge in [0.05, 0.1) is 23.7 Å². The fraction of sp³-hybridized carbons (Fsp3) is 0.444. The summed E-state index contributed by atoms with van der Waals surface area (Å²) in [5.74, 6) is -2.75. The van der Waals surface area contributed by atoms with Crippen molar-refractivity contribution >= 4 is 23.7 Å². The van der Waals surface area contributed by atoms with Crippen molar-refractivity contribution in [3.8, 4) is 0 Å². The van der Waals surface area contributed by atoms with Gasteiger partial charge in [-0.2, -0.15) is 0 Å². The maximum absolute atomic E-state index is 12.0. The Bertz CT molecular complexity index is 635. The molecular weight excluding hydrogens is 326 g/mol. The maximum Gasteiger partial charge on any atom is 0.324 e. The largest absolute Gasteiger partial charge is 0.465 e. The van der Waals surface area contributed by atoms with Gasteiger partial charge < -0.3 is 9.47 Å². The van der Waals surface area contributed by atoms with Crippen LogP contribution in [-0.2, 0) is 25.5 Å². The lowest BCUT2D eigenvalue weighted by molar-refractivity contribution is -0.385. The van der Waals surface area contributed by atoms with E-state index < -0.39 is 22.8 Å². The Morgan fingerprint density at radius 2 is 1.76 bits per heavy atom. The molecule has 0 amide bonds. The Hall–Kier alpha value is -2.70. The molecule has 1 aromatic carbocycles. The van der Waals surface area contributed by atoms with Crippen molar-refractivity contribution in [1.82, 2.24) is 0 Å². The minimum absolute atomic E-state index is 0.0948. The van der Waals surface area contributed by atoms with E-state index in [2.05, 4.69) is 0 Å². The second kappa shape index (κ2) is 10.2. The van der Waals surface area contributed by atoms with Crippen LogP contribution in [0.15, 0.2) is 24.3 Å². The zero-order chi connectivity index (χ0) is 18.8. The Balaban J connectivity index is 3.19. The van der Waals surface area contributed by atoms with E-state index in [1.165, 1.54) is 18.2 Å². The number of carbonyl (C=O) groups is 2. The molecule has 7 heteroatoms. The van der Waals surface area contributed by atoms with E-state index in [0.29, 0.717) is 5.56 Å². The lowest BCUT2D eigenvalue weighted by atomic mass is 10.0. The summed E-state index contributed by atoms with van der Waals surface area (Å²) < 4.78 is 9.75. The van der Waals surface area contributed by atoms with Crippen LogP contribution in [0, 0.1) is 16.0 Å². The quantitative estimate of drug-likeness (QED) is 0.294. The van der Waals surface area contributed by atoms with Crippen molar-refractivity contribution in [3.05, 3.63) is 45.5 Å². The zero-order valence-electron chi connectivity index (χ0n) is 14.7. The topological polar surface area (TPSA) is 95.7 Å². The van der Waals surface area contributed by atoms with Gasteiger partial charge in [0.25, 0.3) is 5.69 Å². The summed E-state index contributed by atoms with van der Waals surface area (Å²) in [6.07, 6.45) is 4.36. The number of esters is 2. The van der Waals surface area contributed by atoms with Crippen LogP contribution in [0.1, 0.15) is 38.3 Å². The molecule has 0 aromatic heterocycles. The van der Waals surface area contributed by atoms with Gasteiger partial charge >= 0.3 is 11.9 Å². The van der Waals surface area contributed by atoms with Crippen molar-refractivity contribution in [2.24, 2.45) is 5.92 Å². The number of nitro benzene ring substituents is 1. The molecule has 0 saturated carbocycles. The highest BCUT2D eigenvalue weighted by atomic mass is 16.6. The van der Waals surface area contributed by atoms with Gasteiger partial charge in [0, 0.05) is 6.07 Å². The third-order valence-electron chi connectivity index (χ3n) is 3.38. The summed E-state index contributed by atoms with van der Waals surface area (Å²) in [6.45, 7) is 5.50. The molecule has 0 radical (unpaired) electrons. The Kier molecular flexibility index (Phi) is 8.32. The number of hydrogen-bond acceptors (Lipinski definition) is 6. The van der Waals surface area contributed by atoms with Crippen LogP contribution < -0.4 is 0 Å². The number of hydrogen-bond donors (Lipinski definition) is 0. The average Bonchev–Trinajstić information content (AvgIpc) is 2.55. The standard InChI is InChI=1S/C18H23NO6/c1-4-7-13-8-11-16(19(22)23)14(12-13)9-10-15(17(20)24-5-2)18(21)25-6-3/h8-12,15H,4-7H2,1-3H3. The molecule has 25 heavy (non-hydrogen) atoms. The van der Waals surface area contributed by atoms with Gasteiger partial charge in [-0.1, -0.05) is 31.6 Å². The zero-order valence-corrected chi connectivity index (χ0v) is 14.7. The first-order valence-corrected chi connectivity index (χ1v) is 8.23. The monoisotopic (exact) mass is 349 g/mol. The predicted molar refractivity (Wildman–Crippen MR) is 92.9 cm³/mol. The van der Waals surface area contributed by atoms with E-state index in [-0.39, 0.29) is 18.9 Å². The number of aryl methyl sites for hydroxylation is 1. The molecule has 0 aliphatic carbocycles. The molecule has 0 bridgehead atoms. The fourth-order valence-electron chi connectivity index (χ4n) is 2.27. The number of ether oxygens (including phenoxy) is 2. The molecule has 0 aliphatic heterocycles. The lowest BCUT2D eigenvalue weighted by Crippen LogP contribution is -2.26. The SMILES string of the molecule is CCCc1ccc([N+](=O)[O-])c(C=CC(C(=O)OCC)C(=O)OCC)c1. The summed E-state index contributed by atoms with van der Waals surface area (Å²) in [7, 11) is 0. The first kappa shape index (κ1) is 20.3. The molecular formula is C18H23NO6. The molecule has 136 valence electrons. The molecule has 0 unspecified atom stereocenters. The Morgan fingerprint density at radius 1 is 1.16 bits per heavy atom. The molecule has 0 aliphatic rings. The summed E-state index contributed by atoms with van der Waals surface area (Å²) in [4.78, 5) is 34.6. The summed E-state index contributed by atoms with van der Waals surface area (Å²) in [5.41, 5.74) is 1.17. The van der Waals surface area contributed by atoms with E-state index in [1.54, 1.807) is 26.0 Å². The minimum Gasteiger partial charge on any atom is -0.465 e.